The highest BCUT2D eigenvalue weighted by Crippen LogP contribution is 2.08. The van der Waals surface area contributed by atoms with Crippen molar-refractivity contribution in [2.75, 3.05) is 13.1 Å². The fourth-order valence-corrected chi connectivity index (χ4v) is 2.27. The number of carbonyl (C=O) groups excluding carboxylic acids is 3. The molecule has 0 spiro atoms. The summed E-state index contributed by atoms with van der Waals surface area (Å²) in [5, 5.41) is 16.4. The molecule has 0 bridgehead atoms. The molecule has 0 radical (unpaired) electrons. The SMILES string of the molecule is CCC(C)C(NC(=O)C(C)NC(=O)CNC(=O)C(N)CCCN=C(N)N)C(=O)O. The highest BCUT2D eigenvalue weighted by atomic mass is 16.4. The first-order valence-corrected chi connectivity index (χ1v) is 9.40. The largest absolute Gasteiger partial charge is 0.480 e. The lowest BCUT2D eigenvalue weighted by molar-refractivity contribution is -0.143. The van der Waals surface area contributed by atoms with Crippen LogP contribution in [0.15, 0.2) is 4.99 Å². The van der Waals surface area contributed by atoms with Crippen LogP contribution in [-0.2, 0) is 19.2 Å². The molecule has 0 rings (SSSR count). The number of hydrogen-bond acceptors (Lipinski definition) is 6. The van der Waals surface area contributed by atoms with E-state index in [2.05, 4.69) is 20.9 Å². The number of hydrogen-bond donors (Lipinski definition) is 7. The number of carboxylic acids is 1. The molecule has 4 unspecified atom stereocenters. The summed E-state index contributed by atoms with van der Waals surface area (Å²) < 4.78 is 0. The maximum Gasteiger partial charge on any atom is 0.326 e. The number of amides is 3. The van der Waals surface area contributed by atoms with Gasteiger partial charge in [-0.15, -0.1) is 0 Å². The first kappa shape index (κ1) is 26.1. The Morgan fingerprint density at radius 3 is 2.21 bits per heavy atom. The van der Waals surface area contributed by atoms with Crippen LogP contribution < -0.4 is 33.2 Å². The monoisotopic (exact) mass is 415 g/mol. The van der Waals surface area contributed by atoms with Gasteiger partial charge in [0.1, 0.15) is 12.1 Å². The lowest BCUT2D eigenvalue weighted by Crippen LogP contribution is -2.53. The van der Waals surface area contributed by atoms with Crippen LogP contribution in [0.1, 0.15) is 40.0 Å². The Labute approximate surface area is 170 Å². The van der Waals surface area contributed by atoms with Gasteiger partial charge in [0.15, 0.2) is 5.96 Å². The molecule has 0 aliphatic carbocycles. The lowest BCUT2D eigenvalue weighted by Gasteiger charge is -2.22. The summed E-state index contributed by atoms with van der Waals surface area (Å²) in [4.78, 5) is 51.0. The van der Waals surface area contributed by atoms with Gasteiger partial charge in [0.25, 0.3) is 0 Å². The normalized spacial score (nSPS) is 14.6. The molecular formula is C17H33N7O5. The highest BCUT2D eigenvalue weighted by Gasteiger charge is 2.27. The minimum absolute atomic E-state index is 0.0447. The van der Waals surface area contributed by atoms with E-state index in [4.69, 9.17) is 17.2 Å². The van der Waals surface area contributed by atoms with Gasteiger partial charge in [0.05, 0.1) is 12.6 Å². The fraction of sp³-hybridized carbons (Fsp3) is 0.706. The van der Waals surface area contributed by atoms with Crippen molar-refractivity contribution in [1.29, 1.82) is 0 Å². The van der Waals surface area contributed by atoms with Crippen LogP contribution in [-0.4, -0.2) is 66.0 Å². The molecule has 0 aromatic carbocycles. The first-order chi connectivity index (χ1) is 13.5. The number of guanidine groups is 1. The molecule has 0 saturated heterocycles. The molecule has 0 aromatic heterocycles. The average Bonchev–Trinajstić information content (AvgIpc) is 2.65. The lowest BCUT2D eigenvalue weighted by atomic mass is 9.99. The van der Waals surface area contributed by atoms with Gasteiger partial charge in [-0.05, 0) is 25.7 Å². The van der Waals surface area contributed by atoms with E-state index in [-0.39, 0.29) is 18.4 Å². The minimum Gasteiger partial charge on any atom is -0.480 e. The second-order valence-electron chi connectivity index (χ2n) is 6.77. The molecule has 0 saturated carbocycles. The van der Waals surface area contributed by atoms with E-state index in [1.54, 1.807) is 6.92 Å². The Kier molecular flexibility index (Phi) is 12.0. The maximum atomic E-state index is 12.1. The molecule has 0 aromatic rings. The zero-order valence-electron chi connectivity index (χ0n) is 17.1. The zero-order chi connectivity index (χ0) is 22.6. The minimum atomic E-state index is -1.15. The topological polar surface area (TPSA) is 215 Å². The van der Waals surface area contributed by atoms with Gasteiger partial charge in [-0.3, -0.25) is 19.4 Å². The fourth-order valence-electron chi connectivity index (χ4n) is 2.27. The number of carboxylic acid groups (broad SMARTS) is 1. The molecule has 0 fully saturated rings. The third-order valence-corrected chi connectivity index (χ3v) is 4.28. The van der Waals surface area contributed by atoms with E-state index < -0.39 is 41.8 Å². The molecule has 0 aliphatic heterocycles. The molecule has 166 valence electrons. The molecule has 29 heavy (non-hydrogen) atoms. The van der Waals surface area contributed by atoms with Crippen molar-refractivity contribution in [2.24, 2.45) is 28.1 Å². The van der Waals surface area contributed by atoms with E-state index in [9.17, 15) is 24.3 Å². The summed E-state index contributed by atoms with van der Waals surface area (Å²) >= 11 is 0. The smallest absolute Gasteiger partial charge is 0.326 e. The molecule has 3 amide bonds. The molecule has 0 heterocycles. The maximum absolute atomic E-state index is 12.1. The Balaban J connectivity index is 4.37. The summed E-state index contributed by atoms with van der Waals surface area (Å²) in [5.41, 5.74) is 16.1. The molecule has 10 N–H and O–H groups in total. The Hall–Kier alpha value is -2.89. The van der Waals surface area contributed by atoms with Crippen LogP contribution in [0.2, 0.25) is 0 Å². The molecule has 0 aliphatic rings. The highest BCUT2D eigenvalue weighted by molar-refractivity contribution is 5.92. The van der Waals surface area contributed by atoms with Crippen molar-refractivity contribution in [3.05, 3.63) is 0 Å². The van der Waals surface area contributed by atoms with Gasteiger partial charge in [-0.25, -0.2) is 4.79 Å². The van der Waals surface area contributed by atoms with Crippen LogP contribution in [0.25, 0.3) is 0 Å². The summed E-state index contributed by atoms with van der Waals surface area (Å²) in [6.45, 7) is 4.90. The predicted molar refractivity (Wildman–Crippen MR) is 108 cm³/mol. The third kappa shape index (κ3) is 10.9. The predicted octanol–water partition coefficient (Wildman–Crippen LogP) is -2.40. The Morgan fingerprint density at radius 2 is 1.69 bits per heavy atom. The number of nitrogens with zero attached hydrogens (tertiary/aromatic N) is 1. The summed E-state index contributed by atoms with van der Waals surface area (Å²) in [6.07, 6.45) is 1.39. The van der Waals surface area contributed by atoms with Gasteiger partial charge in [0.2, 0.25) is 17.7 Å². The van der Waals surface area contributed by atoms with Crippen LogP contribution >= 0.6 is 0 Å². The standard InChI is InChI=1S/C17H33N7O5/c1-4-9(2)13(16(28)29)24-14(26)10(3)23-12(25)8-22-15(27)11(18)6-5-7-21-17(19)20/h9-11,13H,4-8,18H2,1-3H3,(H,22,27)(H,23,25)(H,24,26)(H,28,29)(H4,19,20,21). The number of aliphatic imine (C=N–C) groups is 1. The van der Waals surface area contributed by atoms with Crippen LogP contribution in [0.3, 0.4) is 0 Å². The van der Waals surface area contributed by atoms with Crippen LogP contribution in [0.4, 0.5) is 0 Å². The molecular weight excluding hydrogens is 382 g/mol. The second kappa shape index (κ2) is 13.3. The van der Waals surface area contributed by atoms with Gasteiger partial charge in [0, 0.05) is 6.54 Å². The summed E-state index contributed by atoms with van der Waals surface area (Å²) in [6, 6.07) is -2.85. The van der Waals surface area contributed by atoms with E-state index in [1.165, 1.54) is 6.92 Å². The van der Waals surface area contributed by atoms with E-state index >= 15 is 0 Å². The van der Waals surface area contributed by atoms with Crippen molar-refractivity contribution in [1.82, 2.24) is 16.0 Å². The average molecular weight is 415 g/mol. The van der Waals surface area contributed by atoms with E-state index in [0.717, 1.165) is 0 Å². The van der Waals surface area contributed by atoms with E-state index in [1.807, 2.05) is 6.92 Å². The van der Waals surface area contributed by atoms with Crippen molar-refractivity contribution in [3.8, 4) is 0 Å². The number of nitrogens with one attached hydrogen (secondary N) is 3. The molecule has 12 nitrogen and oxygen atoms in total. The summed E-state index contributed by atoms with van der Waals surface area (Å²) in [7, 11) is 0. The Morgan fingerprint density at radius 1 is 1.07 bits per heavy atom. The quantitative estimate of drug-likeness (QED) is 0.0975. The van der Waals surface area contributed by atoms with Crippen LogP contribution in [0, 0.1) is 5.92 Å². The number of rotatable bonds is 13. The molecule has 12 heteroatoms. The van der Waals surface area contributed by atoms with Gasteiger partial charge >= 0.3 is 5.97 Å². The first-order valence-electron chi connectivity index (χ1n) is 9.40. The molecule has 4 atom stereocenters. The summed E-state index contributed by atoms with van der Waals surface area (Å²) in [5.74, 6) is -3.22. The van der Waals surface area contributed by atoms with E-state index in [0.29, 0.717) is 25.8 Å². The number of aliphatic carboxylic acids is 1. The third-order valence-electron chi connectivity index (χ3n) is 4.28. The van der Waals surface area contributed by atoms with Crippen LogP contribution in [0.5, 0.6) is 0 Å². The van der Waals surface area contributed by atoms with Crippen molar-refractivity contribution in [2.45, 2.75) is 58.2 Å². The van der Waals surface area contributed by atoms with Gasteiger partial charge in [-0.2, -0.15) is 0 Å². The zero-order valence-corrected chi connectivity index (χ0v) is 17.1. The number of carbonyl (C=O) groups is 4. The van der Waals surface area contributed by atoms with Gasteiger partial charge < -0.3 is 38.3 Å². The van der Waals surface area contributed by atoms with Gasteiger partial charge in [-0.1, -0.05) is 20.3 Å². The van der Waals surface area contributed by atoms with Crippen molar-refractivity contribution < 1.29 is 24.3 Å². The number of nitrogens with two attached hydrogens (primary N) is 3. The Bertz CT molecular complexity index is 607. The van der Waals surface area contributed by atoms with Crippen molar-refractivity contribution >= 4 is 29.7 Å². The second-order valence-corrected chi connectivity index (χ2v) is 6.77. The van der Waals surface area contributed by atoms with Crippen molar-refractivity contribution in [3.63, 3.8) is 0 Å².